The first-order valence-electron chi connectivity index (χ1n) is 8.77. The van der Waals surface area contributed by atoms with Crippen molar-refractivity contribution in [2.75, 3.05) is 26.2 Å². The van der Waals surface area contributed by atoms with Gasteiger partial charge < -0.3 is 5.11 Å². The minimum absolute atomic E-state index is 0.208. The Morgan fingerprint density at radius 2 is 1.86 bits per heavy atom. The van der Waals surface area contributed by atoms with Gasteiger partial charge in [0.15, 0.2) is 0 Å². The van der Waals surface area contributed by atoms with E-state index in [0.717, 1.165) is 45.0 Å². The van der Waals surface area contributed by atoms with Crippen LogP contribution in [0.2, 0.25) is 0 Å². The van der Waals surface area contributed by atoms with Crippen LogP contribution in [-0.4, -0.2) is 63.0 Å². The molecule has 3 rings (SSSR count). The highest BCUT2D eigenvalue weighted by molar-refractivity contribution is 5.24. The number of hydrogen-bond acceptors (Lipinski definition) is 4. The summed E-state index contributed by atoms with van der Waals surface area (Å²) in [5, 5.41) is 15.1. The van der Waals surface area contributed by atoms with Crippen LogP contribution < -0.4 is 0 Å². The van der Waals surface area contributed by atoms with Gasteiger partial charge >= 0.3 is 0 Å². The molecule has 0 saturated carbocycles. The molecule has 0 bridgehead atoms. The van der Waals surface area contributed by atoms with Crippen LogP contribution in [0.4, 0.5) is 0 Å². The fourth-order valence-corrected chi connectivity index (χ4v) is 4.08. The Bertz CT molecular complexity index is 507. The maximum Gasteiger partial charge on any atom is 0.0834 e. The zero-order chi connectivity index (χ0) is 15.7. The van der Waals surface area contributed by atoms with E-state index in [9.17, 15) is 5.11 Å². The normalized spacial score (nSPS) is 27.6. The molecule has 5 nitrogen and oxygen atoms in total. The first-order chi connectivity index (χ1) is 10.6. The number of likely N-dealkylation sites (tertiary alicyclic amines) is 2. The van der Waals surface area contributed by atoms with E-state index in [2.05, 4.69) is 40.4 Å². The topological polar surface area (TPSA) is 44.5 Å². The zero-order valence-corrected chi connectivity index (χ0v) is 14.3. The third-order valence-electron chi connectivity index (χ3n) is 5.41. The molecule has 2 atom stereocenters. The summed E-state index contributed by atoms with van der Waals surface area (Å²) >= 11 is 0. The summed E-state index contributed by atoms with van der Waals surface area (Å²) in [6, 6.07) is 0.321. The van der Waals surface area contributed by atoms with Crippen LogP contribution in [0, 0.1) is 13.8 Å². The number of nitrogens with zero attached hydrogens (tertiary/aromatic N) is 4. The Morgan fingerprint density at radius 3 is 2.50 bits per heavy atom. The predicted octanol–water partition coefficient (Wildman–Crippen LogP) is 1.55. The maximum absolute atomic E-state index is 10.5. The van der Waals surface area contributed by atoms with Crippen molar-refractivity contribution in [1.29, 1.82) is 0 Å². The van der Waals surface area contributed by atoms with Gasteiger partial charge in [0.1, 0.15) is 0 Å². The highest BCUT2D eigenvalue weighted by Gasteiger charge is 2.36. The fraction of sp³-hybridized carbons (Fsp3) is 0.824. The van der Waals surface area contributed by atoms with Gasteiger partial charge in [-0.2, -0.15) is 5.10 Å². The van der Waals surface area contributed by atoms with Crippen molar-refractivity contribution < 1.29 is 5.11 Å². The second-order valence-electron chi connectivity index (χ2n) is 6.89. The van der Waals surface area contributed by atoms with Crippen LogP contribution in [0.1, 0.15) is 43.1 Å². The Hall–Kier alpha value is -0.910. The third kappa shape index (κ3) is 3.07. The van der Waals surface area contributed by atoms with Crippen molar-refractivity contribution >= 4 is 0 Å². The molecule has 0 radical (unpaired) electrons. The number of aryl methyl sites for hydroxylation is 2. The molecule has 0 aromatic carbocycles. The summed E-state index contributed by atoms with van der Waals surface area (Å²) in [7, 11) is 0. The molecule has 2 saturated heterocycles. The molecule has 1 aromatic rings. The number of rotatable bonds is 4. The number of aliphatic hydroxyl groups excluding tert-OH is 1. The second-order valence-corrected chi connectivity index (χ2v) is 6.89. The van der Waals surface area contributed by atoms with Crippen LogP contribution >= 0.6 is 0 Å². The highest BCUT2D eigenvalue weighted by Crippen LogP contribution is 2.24. The van der Waals surface area contributed by atoms with E-state index in [1.165, 1.54) is 30.5 Å². The molecule has 124 valence electrons. The van der Waals surface area contributed by atoms with Crippen LogP contribution in [0.5, 0.6) is 0 Å². The minimum atomic E-state index is -0.208. The molecule has 2 aliphatic heterocycles. The average Bonchev–Trinajstić information content (AvgIpc) is 3.02. The first-order valence-corrected chi connectivity index (χ1v) is 8.77. The van der Waals surface area contributed by atoms with E-state index < -0.39 is 0 Å². The summed E-state index contributed by atoms with van der Waals surface area (Å²) in [6.07, 6.45) is 3.70. The molecule has 0 amide bonds. The summed E-state index contributed by atoms with van der Waals surface area (Å²) in [5.74, 6) is 0. The third-order valence-corrected chi connectivity index (χ3v) is 5.41. The molecule has 0 spiro atoms. The van der Waals surface area contributed by atoms with Gasteiger partial charge in [-0.1, -0.05) is 6.42 Å². The number of aromatic nitrogens is 2. The lowest BCUT2D eigenvalue weighted by Gasteiger charge is -2.33. The lowest BCUT2D eigenvalue weighted by atomic mass is 10.1. The lowest BCUT2D eigenvalue weighted by Crippen LogP contribution is -2.45. The van der Waals surface area contributed by atoms with Gasteiger partial charge in [0.2, 0.25) is 0 Å². The van der Waals surface area contributed by atoms with Crippen LogP contribution in [0.3, 0.4) is 0 Å². The van der Waals surface area contributed by atoms with Gasteiger partial charge in [0, 0.05) is 43.5 Å². The number of β-amino-alcohol motifs (C(OH)–C–C–N with tert-alkyl or cyclic N) is 1. The van der Waals surface area contributed by atoms with Crippen molar-refractivity contribution in [2.45, 2.75) is 65.3 Å². The predicted molar refractivity (Wildman–Crippen MR) is 87.9 cm³/mol. The van der Waals surface area contributed by atoms with Gasteiger partial charge in [0.05, 0.1) is 11.8 Å². The second kappa shape index (κ2) is 6.69. The zero-order valence-electron chi connectivity index (χ0n) is 14.3. The number of piperidine rings is 1. The summed E-state index contributed by atoms with van der Waals surface area (Å²) in [5.41, 5.74) is 3.75. The quantitative estimate of drug-likeness (QED) is 0.917. The Balaban J connectivity index is 1.66. The smallest absolute Gasteiger partial charge is 0.0834 e. The summed E-state index contributed by atoms with van der Waals surface area (Å²) in [6.45, 7) is 12.3. The standard InChI is InChI=1S/C17H30N4O/c1-4-21-14(3)15(13(2)18-21)10-19-11-16(17(22)12-19)20-8-6-5-7-9-20/h16-17,22H,4-12H2,1-3H3/t16-,17-/m0/s1. The Kier molecular flexibility index (Phi) is 4.85. The van der Waals surface area contributed by atoms with Gasteiger partial charge in [-0.05, 0) is 46.7 Å². The molecule has 0 aliphatic carbocycles. The molecular formula is C17H30N4O. The van der Waals surface area contributed by atoms with Crippen LogP contribution in [0.25, 0.3) is 0 Å². The average molecular weight is 306 g/mol. The summed E-state index contributed by atoms with van der Waals surface area (Å²) in [4.78, 5) is 4.91. The maximum atomic E-state index is 10.5. The van der Waals surface area contributed by atoms with E-state index in [1.54, 1.807) is 0 Å². The largest absolute Gasteiger partial charge is 0.390 e. The van der Waals surface area contributed by atoms with Crippen molar-refractivity contribution in [3.05, 3.63) is 17.0 Å². The lowest BCUT2D eigenvalue weighted by molar-refractivity contribution is 0.0706. The van der Waals surface area contributed by atoms with Crippen molar-refractivity contribution in [2.24, 2.45) is 0 Å². The van der Waals surface area contributed by atoms with Crippen molar-refractivity contribution in [1.82, 2.24) is 19.6 Å². The number of hydrogen-bond donors (Lipinski definition) is 1. The molecule has 0 unspecified atom stereocenters. The van der Waals surface area contributed by atoms with E-state index >= 15 is 0 Å². The molecule has 5 heteroatoms. The van der Waals surface area contributed by atoms with E-state index in [4.69, 9.17) is 0 Å². The molecule has 2 aliphatic rings. The minimum Gasteiger partial charge on any atom is -0.390 e. The molecule has 1 N–H and O–H groups in total. The molecule has 2 fully saturated rings. The molecular weight excluding hydrogens is 276 g/mol. The Labute approximate surface area is 133 Å². The van der Waals surface area contributed by atoms with Crippen LogP contribution in [-0.2, 0) is 13.1 Å². The molecule has 1 aromatic heterocycles. The van der Waals surface area contributed by atoms with Crippen LogP contribution in [0.15, 0.2) is 0 Å². The van der Waals surface area contributed by atoms with Crippen molar-refractivity contribution in [3.8, 4) is 0 Å². The van der Waals surface area contributed by atoms with E-state index in [-0.39, 0.29) is 6.10 Å². The van der Waals surface area contributed by atoms with Gasteiger partial charge in [-0.25, -0.2) is 0 Å². The first kappa shape index (κ1) is 16.0. The van der Waals surface area contributed by atoms with Gasteiger partial charge in [-0.3, -0.25) is 14.5 Å². The number of aliphatic hydroxyl groups is 1. The molecule has 3 heterocycles. The van der Waals surface area contributed by atoms with E-state index in [0.29, 0.717) is 6.04 Å². The summed E-state index contributed by atoms with van der Waals surface area (Å²) < 4.78 is 2.08. The highest BCUT2D eigenvalue weighted by atomic mass is 16.3. The Morgan fingerprint density at radius 1 is 1.14 bits per heavy atom. The van der Waals surface area contributed by atoms with Crippen molar-refractivity contribution in [3.63, 3.8) is 0 Å². The monoisotopic (exact) mass is 306 g/mol. The SMILES string of the molecule is CCn1nc(C)c(CN2C[C@H](O)[C@@H](N3CCCCC3)C2)c1C. The molecule has 22 heavy (non-hydrogen) atoms. The van der Waals surface area contributed by atoms with Gasteiger partial charge in [-0.15, -0.1) is 0 Å². The fourth-order valence-electron chi connectivity index (χ4n) is 4.08. The van der Waals surface area contributed by atoms with E-state index in [1.807, 2.05) is 0 Å². The van der Waals surface area contributed by atoms with Gasteiger partial charge in [0.25, 0.3) is 0 Å².